The molecule has 0 spiro atoms. The topological polar surface area (TPSA) is 66.8 Å². The highest BCUT2D eigenvalue weighted by Crippen LogP contribution is 2.29. The van der Waals surface area contributed by atoms with Gasteiger partial charge in [-0.05, 0) is 12.5 Å². The van der Waals surface area contributed by atoms with E-state index in [-0.39, 0.29) is 13.0 Å². The Labute approximate surface area is 105 Å². The monoisotopic (exact) mass is 249 g/mol. The van der Waals surface area contributed by atoms with E-state index in [1.54, 1.807) is 6.92 Å². The smallest absolute Gasteiger partial charge is 0.410 e. The first kappa shape index (κ1) is 12.4. The average molecular weight is 249 g/mol. The summed E-state index contributed by atoms with van der Waals surface area (Å²) in [5.74, 6) is -0.936. The van der Waals surface area contributed by atoms with Crippen molar-refractivity contribution < 1.29 is 19.4 Å². The Morgan fingerprint density at radius 2 is 2.11 bits per heavy atom. The van der Waals surface area contributed by atoms with E-state index in [0.29, 0.717) is 6.54 Å². The van der Waals surface area contributed by atoms with Crippen molar-refractivity contribution in [3.63, 3.8) is 0 Å². The van der Waals surface area contributed by atoms with Gasteiger partial charge in [0.2, 0.25) is 0 Å². The molecule has 1 unspecified atom stereocenters. The number of hydrogen-bond acceptors (Lipinski definition) is 3. The zero-order valence-electron chi connectivity index (χ0n) is 10.1. The quantitative estimate of drug-likeness (QED) is 0.884. The van der Waals surface area contributed by atoms with Gasteiger partial charge in [-0.2, -0.15) is 0 Å². The lowest BCUT2D eigenvalue weighted by Crippen LogP contribution is -2.45. The van der Waals surface area contributed by atoms with E-state index in [0.717, 1.165) is 5.56 Å². The van der Waals surface area contributed by atoms with Crippen molar-refractivity contribution in [2.24, 2.45) is 0 Å². The van der Waals surface area contributed by atoms with Gasteiger partial charge in [-0.15, -0.1) is 0 Å². The third kappa shape index (κ3) is 2.45. The number of carbonyl (C=O) groups excluding carboxylic acids is 1. The number of hydrogen-bond donors (Lipinski definition) is 1. The van der Waals surface area contributed by atoms with Gasteiger partial charge in [-0.3, -0.25) is 9.69 Å². The third-order valence-electron chi connectivity index (χ3n) is 3.09. The standard InChI is InChI=1S/C13H15NO4/c1-13(7-11(15)16)9-18-12(17)14(13)8-10-5-3-2-4-6-10/h2-6H,7-9H2,1H3,(H,15,16). The van der Waals surface area contributed by atoms with Gasteiger partial charge in [-0.25, -0.2) is 4.79 Å². The summed E-state index contributed by atoms with van der Waals surface area (Å²) >= 11 is 0. The molecule has 1 amide bonds. The molecule has 1 aromatic rings. The van der Waals surface area contributed by atoms with Crippen molar-refractivity contribution in [1.29, 1.82) is 0 Å². The molecule has 0 radical (unpaired) electrons. The normalized spacial score (nSPS) is 22.9. The predicted octanol–water partition coefficient (Wildman–Crippen LogP) is 1.87. The summed E-state index contributed by atoms with van der Waals surface area (Å²) in [7, 11) is 0. The number of carbonyl (C=O) groups is 2. The summed E-state index contributed by atoms with van der Waals surface area (Å²) in [6.45, 7) is 2.21. The molecule has 1 N–H and O–H groups in total. The lowest BCUT2D eigenvalue weighted by molar-refractivity contribution is -0.139. The third-order valence-corrected chi connectivity index (χ3v) is 3.09. The second-order valence-corrected chi connectivity index (χ2v) is 4.69. The number of ether oxygens (including phenoxy) is 1. The van der Waals surface area contributed by atoms with Crippen molar-refractivity contribution >= 4 is 12.1 Å². The Morgan fingerprint density at radius 3 is 2.72 bits per heavy atom. The first-order valence-electron chi connectivity index (χ1n) is 5.71. The molecule has 0 bridgehead atoms. The largest absolute Gasteiger partial charge is 0.481 e. The first-order valence-corrected chi connectivity index (χ1v) is 5.71. The number of carboxylic acid groups (broad SMARTS) is 1. The van der Waals surface area contributed by atoms with Crippen molar-refractivity contribution in [2.45, 2.75) is 25.4 Å². The highest BCUT2D eigenvalue weighted by Gasteiger charge is 2.45. The van der Waals surface area contributed by atoms with Crippen LogP contribution >= 0.6 is 0 Å². The van der Waals surface area contributed by atoms with E-state index in [1.807, 2.05) is 30.3 Å². The van der Waals surface area contributed by atoms with E-state index in [4.69, 9.17) is 9.84 Å². The molecular weight excluding hydrogens is 234 g/mol. The molecule has 0 aliphatic carbocycles. The molecule has 2 rings (SSSR count). The van der Waals surface area contributed by atoms with Crippen LogP contribution in [0.25, 0.3) is 0 Å². The SMILES string of the molecule is CC1(CC(=O)O)COC(=O)N1Cc1ccccc1. The number of aliphatic carboxylic acids is 1. The summed E-state index contributed by atoms with van der Waals surface area (Å²) in [6.07, 6.45) is -0.575. The highest BCUT2D eigenvalue weighted by atomic mass is 16.6. The number of carboxylic acids is 1. The van der Waals surface area contributed by atoms with E-state index in [2.05, 4.69) is 0 Å². The van der Waals surface area contributed by atoms with E-state index in [9.17, 15) is 9.59 Å². The fourth-order valence-corrected chi connectivity index (χ4v) is 2.09. The van der Waals surface area contributed by atoms with E-state index >= 15 is 0 Å². The Hall–Kier alpha value is -2.04. The van der Waals surface area contributed by atoms with Gasteiger partial charge in [-0.1, -0.05) is 30.3 Å². The molecule has 1 aliphatic rings. The Kier molecular flexibility index (Phi) is 3.23. The Bertz CT molecular complexity index is 459. The van der Waals surface area contributed by atoms with Crippen LogP contribution in [0, 0.1) is 0 Å². The van der Waals surface area contributed by atoms with Crippen molar-refractivity contribution in [2.75, 3.05) is 6.61 Å². The van der Waals surface area contributed by atoms with Gasteiger partial charge in [0.1, 0.15) is 6.61 Å². The predicted molar refractivity (Wildman–Crippen MR) is 64.0 cm³/mol. The summed E-state index contributed by atoms with van der Waals surface area (Å²) in [5, 5.41) is 8.92. The van der Waals surface area contributed by atoms with Crippen LogP contribution < -0.4 is 0 Å². The summed E-state index contributed by atoms with van der Waals surface area (Å²) in [5.41, 5.74) is 0.173. The van der Waals surface area contributed by atoms with Crippen LogP contribution in [0.4, 0.5) is 4.79 Å². The van der Waals surface area contributed by atoms with Gasteiger partial charge in [0.25, 0.3) is 0 Å². The van der Waals surface area contributed by atoms with Crippen LogP contribution in [0.3, 0.4) is 0 Å². The minimum absolute atomic E-state index is 0.116. The van der Waals surface area contributed by atoms with Gasteiger partial charge >= 0.3 is 12.1 Å². The van der Waals surface area contributed by atoms with Gasteiger partial charge in [0.15, 0.2) is 0 Å². The molecular formula is C13H15NO4. The lowest BCUT2D eigenvalue weighted by Gasteiger charge is -2.30. The van der Waals surface area contributed by atoms with Crippen LogP contribution in [0.1, 0.15) is 18.9 Å². The lowest BCUT2D eigenvalue weighted by atomic mass is 9.97. The van der Waals surface area contributed by atoms with Crippen LogP contribution in [0.5, 0.6) is 0 Å². The second-order valence-electron chi connectivity index (χ2n) is 4.69. The molecule has 1 aromatic carbocycles. The van der Waals surface area contributed by atoms with Crippen LogP contribution in [-0.2, 0) is 16.1 Å². The number of cyclic esters (lactones) is 1. The fraction of sp³-hybridized carbons (Fsp3) is 0.385. The van der Waals surface area contributed by atoms with Gasteiger partial charge in [0.05, 0.1) is 12.0 Å². The van der Waals surface area contributed by atoms with Gasteiger partial charge in [0, 0.05) is 6.54 Å². The van der Waals surface area contributed by atoms with Gasteiger partial charge < -0.3 is 9.84 Å². The minimum Gasteiger partial charge on any atom is -0.481 e. The van der Waals surface area contributed by atoms with Crippen LogP contribution in [0.2, 0.25) is 0 Å². The molecule has 1 heterocycles. The van der Waals surface area contributed by atoms with E-state index in [1.165, 1.54) is 4.90 Å². The minimum atomic E-state index is -0.936. The molecule has 1 saturated heterocycles. The van der Waals surface area contributed by atoms with Crippen molar-refractivity contribution in [1.82, 2.24) is 4.90 Å². The molecule has 5 nitrogen and oxygen atoms in total. The summed E-state index contributed by atoms with van der Waals surface area (Å²) in [4.78, 5) is 24.0. The molecule has 0 aromatic heterocycles. The van der Waals surface area contributed by atoms with Crippen LogP contribution in [0.15, 0.2) is 30.3 Å². The number of benzene rings is 1. The summed E-state index contributed by atoms with van der Waals surface area (Å²) < 4.78 is 4.98. The van der Waals surface area contributed by atoms with Crippen molar-refractivity contribution in [3.05, 3.63) is 35.9 Å². The first-order chi connectivity index (χ1) is 8.51. The van der Waals surface area contributed by atoms with Crippen molar-refractivity contribution in [3.8, 4) is 0 Å². The highest BCUT2D eigenvalue weighted by molar-refractivity contribution is 5.75. The molecule has 1 aliphatic heterocycles. The maximum atomic E-state index is 11.7. The molecule has 96 valence electrons. The van der Waals surface area contributed by atoms with Crippen LogP contribution in [-0.4, -0.2) is 34.2 Å². The van der Waals surface area contributed by atoms with E-state index < -0.39 is 17.6 Å². The fourth-order valence-electron chi connectivity index (χ4n) is 2.09. The number of amides is 1. The molecule has 5 heteroatoms. The number of rotatable bonds is 4. The number of nitrogens with zero attached hydrogens (tertiary/aromatic N) is 1. The molecule has 1 atom stereocenters. The zero-order valence-corrected chi connectivity index (χ0v) is 10.1. The average Bonchev–Trinajstić information content (AvgIpc) is 2.58. The maximum Gasteiger partial charge on any atom is 0.410 e. The second kappa shape index (κ2) is 4.68. The Balaban J connectivity index is 2.18. The maximum absolute atomic E-state index is 11.7. The summed E-state index contributed by atoms with van der Waals surface area (Å²) in [6, 6.07) is 9.44. The molecule has 18 heavy (non-hydrogen) atoms. The Morgan fingerprint density at radius 1 is 1.44 bits per heavy atom. The molecule has 1 fully saturated rings. The zero-order chi connectivity index (χ0) is 13.2. The molecule has 0 saturated carbocycles.